The third kappa shape index (κ3) is 3.97. The van der Waals surface area contributed by atoms with Crippen molar-refractivity contribution in [2.24, 2.45) is 0 Å². The molecule has 0 saturated heterocycles. The Morgan fingerprint density at radius 2 is 1.85 bits per heavy atom. The lowest BCUT2D eigenvalue weighted by molar-refractivity contribution is 0.234. The maximum Gasteiger partial charge on any atom is 0.269 e. The van der Waals surface area contributed by atoms with E-state index in [4.69, 9.17) is 11.6 Å². The van der Waals surface area contributed by atoms with Crippen molar-refractivity contribution in [2.75, 3.05) is 11.9 Å². The van der Waals surface area contributed by atoms with E-state index in [1.807, 2.05) is 0 Å². The van der Waals surface area contributed by atoms with Gasteiger partial charge in [-0.2, -0.15) is 10.1 Å². The molecule has 0 saturated carbocycles. The maximum absolute atomic E-state index is 14.0. The predicted molar refractivity (Wildman–Crippen MR) is 127 cm³/mol. The zero-order valence-corrected chi connectivity index (χ0v) is 19.7. The highest BCUT2D eigenvalue weighted by Crippen LogP contribution is 2.32. The molecule has 0 atom stereocenters. The first-order valence-electron chi connectivity index (χ1n) is 10.3. The SMILES string of the molecule is CC(C)(F)CNc1ncc2c(-c3ccc4ncc(Cl)n4n3)cn(S(=O)(=O)c3ccccc3)c2n1. The summed E-state index contributed by atoms with van der Waals surface area (Å²) in [6, 6.07) is 11.5. The van der Waals surface area contributed by atoms with Crippen LogP contribution in [0.5, 0.6) is 0 Å². The Hall–Kier alpha value is -3.57. The Labute approximate surface area is 199 Å². The highest BCUT2D eigenvalue weighted by molar-refractivity contribution is 7.90. The summed E-state index contributed by atoms with van der Waals surface area (Å²) in [5.74, 6) is 0.105. The predicted octanol–water partition coefficient (Wildman–Crippen LogP) is 4.19. The molecule has 12 heteroatoms. The van der Waals surface area contributed by atoms with Crippen LogP contribution in [-0.4, -0.2) is 49.2 Å². The van der Waals surface area contributed by atoms with Crippen molar-refractivity contribution in [1.82, 2.24) is 28.5 Å². The first kappa shape index (κ1) is 22.2. The van der Waals surface area contributed by atoms with Gasteiger partial charge in [-0.3, -0.25) is 0 Å². The zero-order chi connectivity index (χ0) is 24.1. The van der Waals surface area contributed by atoms with E-state index in [1.165, 1.54) is 49.1 Å². The van der Waals surface area contributed by atoms with Crippen molar-refractivity contribution in [1.29, 1.82) is 0 Å². The summed E-state index contributed by atoms with van der Waals surface area (Å²) in [4.78, 5) is 12.9. The number of hydrogen-bond donors (Lipinski definition) is 1. The van der Waals surface area contributed by atoms with Crippen LogP contribution in [0.1, 0.15) is 13.8 Å². The molecule has 0 spiro atoms. The molecule has 4 heterocycles. The lowest BCUT2D eigenvalue weighted by Crippen LogP contribution is -2.25. The molecule has 0 aliphatic rings. The van der Waals surface area contributed by atoms with Gasteiger partial charge in [0.25, 0.3) is 10.0 Å². The van der Waals surface area contributed by atoms with E-state index in [0.717, 1.165) is 3.97 Å². The van der Waals surface area contributed by atoms with Gasteiger partial charge in [-0.15, -0.1) is 0 Å². The lowest BCUT2D eigenvalue weighted by atomic mass is 10.2. The van der Waals surface area contributed by atoms with Crippen LogP contribution in [0.4, 0.5) is 10.3 Å². The highest BCUT2D eigenvalue weighted by atomic mass is 35.5. The summed E-state index contributed by atoms with van der Waals surface area (Å²) in [5.41, 5.74) is 0.107. The fraction of sp³-hybridized carbons (Fsp3) is 0.182. The first-order valence-corrected chi connectivity index (χ1v) is 12.1. The number of halogens is 2. The molecule has 1 N–H and O–H groups in total. The number of benzene rings is 1. The van der Waals surface area contributed by atoms with E-state index in [2.05, 4.69) is 25.4 Å². The standard InChI is InChI=1S/C22H19ClFN7O2S/c1-22(2,24)13-27-21-26-10-15-16(17-8-9-19-25-11-18(23)31(19)29-17)12-30(20(15)28-21)34(32,33)14-6-4-3-5-7-14/h3-12H,13H2,1-2H3,(H,26,27,28). The Balaban J connectivity index is 1.72. The van der Waals surface area contributed by atoms with Crippen molar-refractivity contribution in [3.05, 3.63) is 66.2 Å². The Bertz CT molecular complexity index is 1630. The topological polar surface area (TPSA) is 107 Å². The van der Waals surface area contributed by atoms with Crippen molar-refractivity contribution < 1.29 is 12.8 Å². The summed E-state index contributed by atoms with van der Waals surface area (Å²) in [7, 11) is -4.00. The van der Waals surface area contributed by atoms with Gasteiger partial charge in [0.15, 0.2) is 16.4 Å². The Kier molecular flexibility index (Phi) is 5.25. The molecule has 1 aromatic carbocycles. The van der Waals surface area contributed by atoms with Crippen molar-refractivity contribution in [2.45, 2.75) is 24.4 Å². The molecule has 0 aliphatic carbocycles. The number of aromatic nitrogens is 6. The Morgan fingerprint density at radius 3 is 2.59 bits per heavy atom. The number of hydrogen-bond acceptors (Lipinski definition) is 7. The van der Waals surface area contributed by atoms with E-state index in [1.54, 1.807) is 30.3 Å². The van der Waals surface area contributed by atoms with Gasteiger partial charge in [0, 0.05) is 23.3 Å². The lowest BCUT2D eigenvalue weighted by Gasteiger charge is -2.14. The Morgan fingerprint density at radius 1 is 1.09 bits per heavy atom. The third-order valence-corrected chi connectivity index (χ3v) is 7.00. The van der Waals surface area contributed by atoms with E-state index in [0.29, 0.717) is 27.4 Å². The molecular formula is C22H19ClFN7O2S. The summed E-state index contributed by atoms with van der Waals surface area (Å²) in [6.07, 6.45) is 4.41. The molecule has 5 rings (SSSR count). The van der Waals surface area contributed by atoms with Crippen LogP contribution in [0.25, 0.3) is 27.9 Å². The minimum absolute atomic E-state index is 0.0468. The van der Waals surface area contributed by atoms with Gasteiger partial charge in [-0.1, -0.05) is 29.8 Å². The average molecular weight is 500 g/mol. The molecular weight excluding hydrogens is 481 g/mol. The second kappa shape index (κ2) is 8.03. The molecule has 174 valence electrons. The second-order valence-electron chi connectivity index (χ2n) is 8.23. The van der Waals surface area contributed by atoms with Gasteiger partial charge in [-0.25, -0.2) is 31.3 Å². The van der Waals surface area contributed by atoms with Crippen LogP contribution in [0.2, 0.25) is 5.15 Å². The van der Waals surface area contributed by atoms with Gasteiger partial charge in [0.2, 0.25) is 5.95 Å². The van der Waals surface area contributed by atoms with Gasteiger partial charge in [0.1, 0.15) is 5.67 Å². The fourth-order valence-electron chi connectivity index (χ4n) is 3.44. The quantitative estimate of drug-likeness (QED) is 0.373. The van der Waals surface area contributed by atoms with Crippen molar-refractivity contribution in [3.63, 3.8) is 0 Å². The maximum atomic E-state index is 14.0. The summed E-state index contributed by atoms with van der Waals surface area (Å²) >= 11 is 6.17. The molecule has 0 radical (unpaired) electrons. The van der Waals surface area contributed by atoms with Gasteiger partial charge < -0.3 is 5.32 Å². The number of rotatable bonds is 6. The van der Waals surface area contributed by atoms with Crippen LogP contribution < -0.4 is 5.32 Å². The largest absolute Gasteiger partial charge is 0.351 e. The zero-order valence-electron chi connectivity index (χ0n) is 18.1. The highest BCUT2D eigenvalue weighted by Gasteiger charge is 2.25. The number of nitrogens with one attached hydrogen (secondary N) is 1. The molecule has 0 fully saturated rings. The number of nitrogens with zero attached hydrogens (tertiary/aromatic N) is 6. The summed E-state index contributed by atoms with van der Waals surface area (Å²) < 4.78 is 43.6. The van der Waals surface area contributed by atoms with Crippen LogP contribution >= 0.6 is 11.6 Å². The van der Waals surface area contributed by atoms with Crippen LogP contribution in [0.3, 0.4) is 0 Å². The van der Waals surface area contributed by atoms with Gasteiger partial charge >= 0.3 is 0 Å². The average Bonchev–Trinajstić information content (AvgIpc) is 3.38. The van der Waals surface area contributed by atoms with E-state index >= 15 is 0 Å². The number of anilines is 1. The fourth-order valence-corrected chi connectivity index (χ4v) is 4.95. The van der Waals surface area contributed by atoms with Crippen LogP contribution in [0, 0.1) is 0 Å². The molecule has 0 unspecified atom stereocenters. The summed E-state index contributed by atoms with van der Waals surface area (Å²) in [6.45, 7) is 2.79. The molecule has 0 aliphatic heterocycles. The first-order chi connectivity index (χ1) is 16.1. The minimum Gasteiger partial charge on any atom is -0.351 e. The molecule has 0 bridgehead atoms. The summed E-state index contributed by atoms with van der Waals surface area (Å²) in [5, 5.41) is 8.09. The van der Waals surface area contributed by atoms with Gasteiger partial charge in [-0.05, 0) is 38.1 Å². The molecule has 4 aromatic heterocycles. The normalized spacial score (nSPS) is 12.5. The smallest absolute Gasteiger partial charge is 0.269 e. The number of fused-ring (bicyclic) bond motifs is 2. The monoisotopic (exact) mass is 499 g/mol. The van der Waals surface area contributed by atoms with Crippen molar-refractivity contribution >= 4 is 44.3 Å². The number of imidazole rings is 1. The van der Waals surface area contributed by atoms with E-state index in [-0.39, 0.29) is 23.0 Å². The molecule has 5 aromatic rings. The third-order valence-electron chi connectivity index (χ3n) is 5.08. The number of alkyl halides is 1. The van der Waals surface area contributed by atoms with Crippen LogP contribution in [0.15, 0.2) is 66.0 Å². The molecule has 0 amide bonds. The van der Waals surface area contributed by atoms with E-state index < -0.39 is 15.7 Å². The van der Waals surface area contributed by atoms with E-state index in [9.17, 15) is 12.8 Å². The minimum atomic E-state index is -4.00. The van der Waals surface area contributed by atoms with Gasteiger partial charge in [0.05, 0.1) is 23.3 Å². The van der Waals surface area contributed by atoms with Crippen LogP contribution in [-0.2, 0) is 10.0 Å². The molecule has 34 heavy (non-hydrogen) atoms. The second-order valence-corrected chi connectivity index (χ2v) is 10.4. The van der Waals surface area contributed by atoms with Crippen molar-refractivity contribution in [3.8, 4) is 11.3 Å². The molecule has 9 nitrogen and oxygen atoms in total.